The molecule has 1 heterocycles. The Morgan fingerprint density at radius 1 is 1.00 bits per heavy atom. The van der Waals surface area contributed by atoms with Gasteiger partial charge in [-0.15, -0.1) is 0 Å². The number of ether oxygens (including phenoxy) is 2. The number of hydrogen-bond acceptors (Lipinski definition) is 5. The summed E-state index contributed by atoms with van der Waals surface area (Å²) in [5, 5.41) is 9.75. The maximum Gasteiger partial charge on any atom is 0.160 e. The Morgan fingerprint density at radius 3 is 2.34 bits per heavy atom. The minimum atomic E-state index is 0.195. The highest BCUT2D eigenvalue weighted by atomic mass is 16.5. The molecule has 5 nitrogen and oxygen atoms in total. The zero-order valence-electron chi connectivity index (χ0n) is 17.9. The lowest BCUT2D eigenvalue weighted by Gasteiger charge is -2.34. The molecular weight excluding hydrogens is 364 g/mol. The van der Waals surface area contributed by atoms with Gasteiger partial charge >= 0.3 is 0 Å². The van der Waals surface area contributed by atoms with E-state index in [0.29, 0.717) is 5.75 Å². The van der Waals surface area contributed by atoms with Gasteiger partial charge in [-0.25, -0.2) is 0 Å². The Labute approximate surface area is 174 Å². The first-order valence-corrected chi connectivity index (χ1v) is 10.5. The maximum atomic E-state index is 9.75. The molecule has 0 amide bonds. The van der Waals surface area contributed by atoms with Gasteiger partial charge in [0, 0.05) is 19.6 Å². The molecule has 0 aliphatic carbocycles. The first-order chi connectivity index (χ1) is 14.1. The average Bonchev–Trinajstić information content (AvgIpc) is 2.75. The number of rotatable bonds is 9. The minimum Gasteiger partial charge on any atom is -0.504 e. The quantitative estimate of drug-likeness (QED) is 0.696. The lowest BCUT2D eigenvalue weighted by atomic mass is 9.95. The smallest absolute Gasteiger partial charge is 0.160 e. The monoisotopic (exact) mass is 398 g/mol. The molecule has 1 saturated heterocycles. The summed E-state index contributed by atoms with van der Waals surface area (Å²) in [7, 11) is 5.47. The molecule has 0 spiro atoms. The first-order valence-electron chi connectivity index (χ1n) is 10.5. The molecule has 1 aliphatic rings. The predicted octanol–water partition coefficient (Wildman–Crippen LogP) is 3.80. The molecule has 0 aromatic heterocycles. The third kappa shape index (κ3) is 6.38. The molecule has 5 heteroatoms. The molecular formula is C24H34N2O3. The summed E-state index contributed by atoms with van der Waals surface area (Å²) in [5.41, 5.74) is 2.54. The second kappa shape index (κ2) is 10.5. The molecule has 0 unspecified atom stereocenters. The van der Waals surface area contributed by atoms with Crippen LogP contribution in [0, 0.1) is 5.92 Å². The molecule has 1 N–H and O–H groups in total. The van der Waals surface area contributed by atoms with Crippen LogP contribution in [0.5, 0.6) is 17.2 Å². The highest BCUT2D eigenvalue weighted by Gasteiger charge is 2.20. The maximum absolute atomic E-state index is 9.75. The topological polar surface area (TPSA) is 45.2 Å². The average molecular weight is 399 g/mol. The number of piperidine rings is 1. The summed E-state index contributed by atoms with van der Waals surface area (Å²) in [6.07, 6.45) is 3.61. The number of benzene rings is 2. The van der Waals surface area contributed by atoms with Crippen molar-refractivity contribution in [2.24, 2.45) is 5.92 Å². The van der Waals surface area contributed by atoms with E-state index in [1.165, 1.54) is 37.1 Å². The first kappa shape index (κ1) is 21.5. The van der Waals surface area contributed by atoms with Crippen molar-refractivity contribution in [3.05, 3.63) is 53.6 Å². The number of likely N-dealkylation sites (tertiary alicyclic amines) is 1. The van der Waals surface area contributed by atoms with E-state index in [-0.39, 0.29) is 5.75 Å². The molecule has 2 aromatic rings. The van der Waals surface area contributed by atoms with Gasteiger partial charge in [0.05, 0.1) is 14.2 Å². The lowest BCUT2D eigenvalue weighted by molar-refractivity contribution is 0.153. The number of phenolic OH excluding ortho intramolecular Hbond substituents is 1. The van der Waals surface area contributed by atoms with E-state index in [0.717, 1.165) is 37.7 Å². The summed E-state index contributed by atoms with van der Waals surface area (Å²) in [6, 6.07) is 14.0. The van der Waals surface area contributed by atoms with Crippen molar-refractivity contribution >= 4 is 0 Å². The lowest BCUT2D eigenvalue weighted by Crippen LogP contribution is -2.38. The fraction of sp³-hybridized carbons (Fsp3) is 0.500. The molecule has 29 heavy (non-hydrogen) atoms. The van der Waals surface area contributed by atoms with Gasteiger partial charge in [0.25, 0.3) is 0 Å². The van der Waals surface area contributed by atoms with Crippen LogP contribution in [0.15, 0.2) is 42.5 Å². The second-order valence-electron chi connectivity index (χ2n) is 8.09. The summed E-state index contributed by atoms with van der Waals surface area (Å²) in [4.78, 5) is 4.97. The van der Waals surface area contributed by atoms with Crippen LogP contribution < -0.4 is 9.47 Å². The van der Waals surface area contributed by atoms with Gasteiger partial charge in [0.2, 0.25) is 0 Å². The molecule has 1 aliphatic heterocycles. The van der Waals surface area contributed by atoms with Crippen LogP contribution in [-0.4, -0.2) is 62.4 Å². The molecule has 1 fully saturated rings. The van der Waals surface area contributed by atoms with Crippen LogP contribution in [0.2, 0.25) is 0 Å². The Bertz CT molecular complexity index is 755. The number of aromatic hydroxyl groups is 1. The fourth-order valence-corrected chi connectivity index (χ4v) is 4.11. The SMILES string of the molecule is COc1ccc(CCN2CCC(CN(C)Cc3ccc(O)c(OC)c3)CC2)cc1. The molecule has 0 radical (unpaired) electrons. The van der Waals surface area contributed by atoms with Crippen molar-refractivity contribution < 1.29 is 14.6 Å². The van der Waals surface area contributed by atoms with E-state index in [2.05, 4.69) is 29.0 Å². The van der Waals surface area contributed by atoms with Crippen molar-refractivity contribution in [1.82, 2.24) is 9.80 Å². The van der Waals surface area contributed by atoms with Crippen LogP contribution in [0.4, 0.5) is 0 Å². The Balaban J connectivity index is 1.38. The van der Waals surface area contributed by atoms with Crippen LogP contribution in [0.3, 0.4) is 0 Å². The van der Waals surface area contributed by atoms with Crippen molar-refractivity contribution in [3.63, 3.8) is 0 Å². The zero-order valence-corrected chi connectivity index (χ0v) is 17.9. The van der Waals surface area contributed by atoms with Crippen molar-refractivity contribution in [2.75, 3.05) is 47.4 Å². The van der Waals surface area contributed by atoms with E-state index >= 15 is 0 Å². The van der Waals surface area contributed by atoms with Crippen LogP contribution >= 0.6 is 0 Å². The molecule has 0 atom stereocenters. The Hall–Kier alpha value is -2.24. The highest BCUT2D eigenvalue weighted by Crippen LogP contribution is 2.27. The number of methoxy groups -OCH3 is 2. The molecule has 2 aromatic carbocycles. The van der Waals surface area contributed by atoms with Gasteiger partial charge in [0.1, 0.15) is 5.75 Å². The van der Waals surface area contributed by atoms with E-state index in [1.807, 2.05) is 24.3 Å². The van der Waals surface area contributed by atoms with Crippen molar-refractivity contribution in [3.8, 4) is 17.2 Å². The van der Waals surface area contributed by atoms with Crippen molar-refractivity contribution in [2.45, 2.75) is 25.8 Å². The number of nitrogens with zero attached hydrogens (tertiary/aromatic N) is 2. The summed E-state index contributed by atoms with van der Waals surface area (Å²) >= 11 is 0. The molecule has 158 valence electrons. The van der Waals surface area contributed by atoms with Crippen LogP contribution in [0.25, 0.3) is 0 Å². The van der Waals surface area contributed by atoms with E-state index < -0.39 is 0 Å². The molecule has 0 bridgehead atoms. The van der Waals surface area contributed by atoms with E-state index in [4.69, 9.17) is 9.47 Å². The van der Waals surface area contributed by atoms with Gasteiger partial charge in [-0.3, -0.25) is 0 Å². The van der Waals surface area contributed by atoms with Gasteiger partial charge in [-0.1, -0.05) is 18.2 Å². The van der Waals surface area contributed by atoms with E-state index in [1.54, 1.807) is 20.3 Å². The van der Waals surface area contributed by atoms with Gasteiger partial charge in [-0.2, -0.15) is 0 Å². The van der Waals surface area contributed by atoms with E-state index in [9.17, 15) is 5.11 Å². The number of hydrogen-bond donors (Lipinski definition) is 1. The standard InChI is InChI=1S/C24H34N2O3/c1-25(18-21-6-9-23(27)24(16-21)29-3)17-20-11-14-26(15-12-20)13-10-19-4-7-22(28-2)8-5-19/h4-9,16,20,27H,10-15,17-18H2,1-3H3. The highest BCUT2D eigenvalue weighted by molar-refractivity contribution is 5.41. The Morgan fingerprint density at radius 2 is 1.69 bits per heavy atom. The fourth-order valence-electron chi connectivity index (χ4n) is 4.11. The van der Waals surface area contributed by atoms with Crippen LogP contribution in [-0.2, 0) is 13.0 Å². The molecule has 0 saturated carbocycles. The van der Waals surface area contributed by atoms with Crippen LogP contribution in [0.1, 0.15) is 24.0 Å². The normalized spacial score (nSPS) is 15.6. The van der Waals surface area contributed by atoms with Gasteiger partial charge in [0.15, 0.2) is 11.5 Å². The summed E-state index contributed by atoms with van der Waals surface area (Å²) in [5.74, 6) is 2.41. The largest absolute Gasteiger partial charge is 0.504 e. The molecule has 3 rings (SSSR count). The van der Waals surface area contributed by atoms with Gasteiger partial charge < -0.3 is 24.4 Å². The minimum absolute atomic E-state index is 0.195. The Kier molecular flexibility index (Phi) is 7.78. The predicted molar refractivity (Wildman–Crippen MR) is 117 cm³/mol. The van der Waals surface area contributed by atoms with Crippen molar-refractivity contribution in [1.29, 1.82) is 0 Å². The second-order valence-corrected chi connectivity index (χ2v) is 8.09. The number of phenols is 1. The summed E-state index contributed by atoms with van der Waals surface area (Å²) < 4.78 is 10.4. The third-order valence-electron chi connectivity index (χ3n) is 5.85. The summed E-state index contributed by atoms with van der Waals surface area (Å²) in [6.45, 7) is 5.47. The third-order valence-corrected chi connectivity index (χ3v) is 5.85. The zero-order chi connectivity index (χ0) is 20.6. The van der Waals surface area contributed by atoms with Gasteiger partial charge in [-0.05, 0) is 80.7 Å².